The molecule has 0 saturated carbocycles. The molecule has 0 aliphatic carbocycles. The summed E-state index contributed by atoms with van der Waals surface area (Å²) in [5.74, 6) is -0.0896. The highest BCUT2D eigenvalue weighted by molar-refractivity contribution is 6.06. The summed E-state index contributed by atoms with van der Waals surface area (Å²) in [7, 11) is 1.72. The second-order valence-corrected chi connectivity index (χ2v) is 6.99. The van der Waals surface area contributed by atoms with Crippen molar-refractivity contribution in [2.75, 3.05) is 13.1 Å². The summed E-state index contributed by atoms with van der Waals surface area (Å²) in [5, 5.41) is 4.85. The van der Waals surface area contributed by atoms with Crippen molar-refractivity contribution in [1.82, 2.24) is 19.7 Å². The van der Waals surface area contributed by atoms with Crippen molar-refractivity contribution >= 4 is 16.9 Å². The third kappa shape index (κ3) is 3.34. The number of aromatic nitrogens is 3. The quantitative estimate of drug-likeness (QED) is 0.658. The third-order valence-electron chi connectivity index (χ3n) is 5.09. The van der Waals surface area contributed by atoms with Gasteiger partial charge in [0.05, 0.1) is 28.4 Å². The van der Waals surface area contributed by atoms with Crippen molar-refractivity contribution in [3.63, 3.8) is 0 Å². The lowest BCUT2D eigenvalue weighted by atomic mass is 10.0. The largest absolute Gasteiger partial charge is 0.416 e. The first-order chi connectivity index (χ1) is 13.3. The second kappa shape index (κ2) is 6.92. The van der Waals surface area contributed by atoms with Crippen molar-refractivity contribution in [2.45, 2.75) is 25.4 Å². The number of benzene rings is 1. The molecular formula is C20H19F3N4O. The molecule has 5 nitrogen and oxygen atoms in total. The lowest BCUT2D eigenvalue weighted by Crippen LogP contribution is -2.35. The van der Waals surface area contributed by atoms with Crippen LogP contribution < -0.4 is 0 Å². The van der Waals surface area contributed by atoms with Crippen molar-refractivity contribution in [3.05, 3.63) is 47.7 Å². The van der Waals surface area contributed by atoms with E-state index in [1.165, 1.54) is 12.1 Å². The third-order valence-corrected chi connectivity index (χ3v) is 5.09. The summed E-state index contributed by atoms with van der Waals surface area (Å²) >= 11 is 0. The van der Waals surface area contributed by atoms with Crippen LogP contribution in [0.25, 0.3) is 22.3 Å². The van der Waals surface area contributed by atoms with Crippen LogP contribution in [0.2, 0.25) is 0 Å². The van der Waals surface area contributed by atoms with Crippen LogP contribution in [-0.4, -0.2) is 38.7 Å². The number of nitrogens with zero attached hydrogens (tertiary/aromatic N) is 4. The van der Waals surface area contributed by atoms with Gasteiger partial charge in [0.1, 0.15) is 0 Å². The van der Waals surface area contributed by atoms with E-state index in [0.717, 1.165) is 31.4 Å². The van der Waals surface area contributed by atoms with Gasteiger partial charge in [-0.2, -0.15) is 18.3 Å². The van der Waals surface area contributed by atoms with Crippen LogP contribution in [0.5, 0.6) is 0 Å². The van der Waals surface area contributed by atoms with E-state index in [0.29, 0.717) is 40.9 Å². The van der Waals surface area contributed by atoms with Crippen LogP contribution >= 0.6 is 0 Å². The highest BCUT2D eigenvalue weighted by Gasteiger charge is 2.30. The molecule has 0 unspecified atom stereocenters. The molecule has 28 heavy (non-hydrogen) atoms. The van der Waals surface area contributed by atoms with Gasteiger partial charge in [-0.3, -0.25) is 9.48 Å². The van der Waals surface area contributed by atoms with Gasteiger partial charge in [-0.15, -0.1) is 0 Å². The number of aryl methyl sites for hydroxylation is 1. The number of piperidine rings is 1. The topological polar surface area (TPSA) is 51.0 Å². The Hall–Kier alpha value is -2.90. The van der Waals surface area contributed by atoms with Gasteiger partial charge in [0.25, 0.3) is 5.91 Å². The summed E-state index contributed by atoms with van der Waals surface area (Å²) in [6.45, 7) is 1.41. The first-order valence-corrected chi connectivity index (χ1v) is 9.14. The lowest BCUT2D eigenvalue weighted by molar-refractivity contribution is -0.137. The van der Waals surface area contributed by atoms with E-state index in [1.54, 1.807) is 24.0 Å². The highest BCUT2D eigenvalue weighted by atomic mass is 19.4. The number of likely N-dealkylation sites (tertiary alicyclic amines) is 1. The summed E-state index contributed by atoms with van der Waals surface area (Å²) in [6.07, 6.45) is 0.264. The number of alkyl halides is 3. The molecule has 146 valence electrons. The molecular weight excluding hydrogens is 369 g/mol. The predicted molar refractivity (Wildman–Crippen MR) is 98.7 cm³/mol. The Kier molecular flexibility index (Phi) is 4.56. The first-order valence-electron chi connectivity index (χ1n) is 9.14. The summed E-state index contributed by atoms with van der Waals surface area (Å²) in [6, 6.07) is 6.46. The summed E-state index contributed by atoms with van der Waals surface area (Å²) in [5.41, 5.74) is 1.25. The maximum Gasteiger partial charge on any atom is 0.416 e. The van der Waals surface area contributed by atoms with E-state index in [-0.39, 0.29) is 5.91 Å². The van der Waals surface area contributed by atoms with Crippen LogP contribution in [0, 0.1) is 0 Å². The van der Waals surface area contributed by atoms with Crippen LogP contribution in [-0.2, 0) is 13.2 Å². The minimum atomic E-state index is -4.40. The Morgan fingerprint density at radius 3 is 2.39 bits per heavy atom. The number of amides is 1. The Morgan fingerprint density at radius 2 is 1.75 bits per heavy atom. The van der Waals surface area contributed by atoms with Crippen LogP contribution in [0.1, 0.15) is 35.2 Å². The Morgan fingerprint density at radius 1 is 1.07 bits per heavy atom. The molecule has 8 heteroatoms. The van der Waals surface area contributed by atoms with Gasteiger partial charge in [-0.05, 0) is 37.5 Å². The fraction of sp³-hybridized carbons (Fsp3) is 0.350. The van der Waals surface area contributed by atoms with Gasteiger partial charge in [0.15, 0.2) is 5.65 Å². The molecule has 1 saturated heterocycles. The standard InChI is InChI=1S/C20H19F3N4O/c1-26-18-16(12-24-26)15(19(28)27-9-3-2-4-10-27)11-17(25-18)13-5-7-14(8-6-13)20(21,22)23/h5-8,11-12H,2-4,9-10H2,1H3. The van der Waals surface area contributed by atoms with Crippen LogP contribution in [0.15, 0.2) is 36.5 Å². The van der Waals surface area contributed by atoms with Crippen molar-refractivity contribution in [2.24, 2.45) is 7.05 Å². The molecule has 3 heterocycles. The second-order valence-electron chi connectivity index (χ2n) is 6.99. The maximum absolute atomic E-state index is 13.1. The Labute approximate surface area is 159 Å². The average molecular weight is 388 g/mol. The fourth-order valence-corrected chi connectivity index (χ4v) is 3.54. The smallest absolute Gasteiger partial charge is 0.339 e. The number of carbonyl (C=O) groups is 1. The number of pyridine rings is 1. The molecule has 4 rings (SSSR count). The number of carbonyl (C=O) groups excluding carboxylic acids is 1. The van der Waals surface area contributed by atoms with Crippen LogP contribution in [0.3, 0.4) is 0 Å². The van der Waals surface area contributed by atoms with Crippen molar-refractivity contribution in [3.8, 4) is 11.3 Å². The molecule has 1 amide bonds. The number of rotatable bonds is 2. The van der Waals surface area contributed by atoms with E-state index in [1.807, 2.05) is 4.90 Å². The van der Waals surface area contributed by atoms with Crippen molar-refractivity contribution < 1.29 is 18.0 Å². The van der Waals surface area contributed by atoms with Gasteiger partial charge in [-0.1, -0.05) is 12.1 Å². The number of halogens is 3. The Bertz CT molecular complexity index is 1020. The molecule has 0 N–H and O–H groups in total. The predicted octanol–water partition coefficient (Wildman–Crippen LogP) is 4.28. The number of fused-ring (bicyclic) bond motifs is 1. The minimum Gasteiger partial charge on any atom is -0.339 e. The number of hydrogen-bond donors (Lipinski definition) is 0. The number of hydrogen-bond acceptors (Lipinski definition) is 3. The molecule has 0 atom stereocenters. The molecule has 1 fully saturated rings. The lowest BCUT2D eigenvalue weighted by Gasteiger charge is -2.27. The molecule has 2 aromatic heterocycles. The molecule has 0 bridgehead atoms. The normalized spacial score (nSPS) is 15.2. The molecule has 0 radical (unpaired) electrons. The zero-order chi connectivity index (χ0) is 19.9. The zero-order valence-electron chi connectivity index (χ0n) is 15.3. The molecule has 3 aromatic rings. The Balaban J connectivity index is 1.79. The van der Waals surface area contributed by atoms with Gasteiger partial charge >= 0.3 is 6.18 Å². The molecule has 0 spiro atoms. The SMILES string of the molecule is Cn1ncc2c(C(=O)N3CCCCC3)cc(-c3ccc(C(F)(F)F)cc3)nc21. The van der Waals surface area contributed by atoms with E-state index in [9.17, 15) is 18.0 Å². The molecule has 1 aliphatic heterocycles. The van der Waals surface area contributed by atoms with E-state index in [2.05, 4.69) is 10.1 Å². The van der Waals surface area contributed by atoms with Gasteiger partial charge < -0.3 is 4.90 Å². The first kappa shape index (κ1) is 18.5. The van der Waals surface area contributed by atoms with Gasteiger partial charge in [-0.25, -0.2) is 4.98 Å². The van der Waals surface area contributed by atoms with E-state index in [4.69, 9.17) is 0 Å². The van der Waals surface area contributed by atoms with Crippen molar-refractivity contribution in [1.29, 1.82) is 0 Å². The highest BCUT2D eigenvalue weighted by Crippen LogP contribution is 2.32. The summed E-state index contributed by atoms with van der Waals surface area (Å²) in [4.78, 5) is 19.5. The fourth-order valence-electron chi connectivity index (χ4n) is 3.54. The van der Waals surface area contributed by atoms with E-state index >= 15 is 0 Å². The van der Waals surface area contributed by atoms with Crippen LogP contribution in [0.4, 0.5) is 13.2 Å². The van der Waals surface area contributed by atoms with Gasteiger partial charge in [0.2, 0.25) is 0 Å². The maximum atomic E-state index is 13.1. The zero-order valence-corrected chi connectivity index (χ0v) is 15.3. The average Bonchev–Trinajstić information content (AvgIpc) is 3.08. The van der Waals surface area contributed by atoms with Gasteiger partial charge in [0, 0.05) is 25.7 Å². The summed E-state index contributed by atoms with van der Waals surface area (Å²) < 4.78 is 40.1. The molecule has 1 aromatic carbocycles. The molecule has 1 aliphatic rings. The van der Waals surface area contributed by atoms with E-state index < -0.39 is 11.7 Å². The minimum absolute atomic E-state index is 0.0896. The monoisotopic (exact) mass is 388 g/mol.